The van der Waals surface area contributed by atoms with Gasteiger partial charge in [-0.2, -0.15) is 13.2 Å². The fraction of sp³-hybridized carbons (Fsp3) is 0.281. The molecule has 0 aliphatic rings. The van der Waals surface area contributed by atoms with Gasteiger partial charge in [0, 0.05) is 73.6 Å². The van der Waals surface area contributed by atoms with Gasteiger partial charge in [0.05, 0.1) is 5.91 Å². The average molecular weight is 750 g/mol. The third-order valence-electron chi connectivity index (χ3n) is 5.94. The second-order valence-electron chi connectivity index (χ2n) is 9.91. The molecule has 0 heterocycles. The number of hydrogen-bond donors (Lipinski definition) is 2. The Kier molecular flexibility index (Phi) is 17.3. The number of likely N-dealkylation sites (N-methyl/N-ethyl adjacent to an activating group) is 2. The summed E-state index contributed by atoms with van der Waals surface area (Å²) in [5, 5.41) is 18.3. The first-order chi connectivity index (χ1) is 20.3. The Morgan fingerprint density at radius 2 is 1.16 bits per heavy atom. The van der Waals surface area contributed by atoms with E-state index in [2.05, 4.69) is 10.6 Å². The number of hydrogen-bond acceptors (Lipinski definition) is 5. The van der Waals surface area contributed by atoms with Gasteiger partial charge in [0.1, 0.15) is 0 Å². The quantitative estimate of drug-likeness (QED) is 0.241. The molecule has 0 aliphatic carbocycles. The topological polar surface area (TPSA) is 104 Å². The molecule has 8 nitrogen and oxygen atoms in total. The van der Waals surface area contributed by atoms with E-state index in [9.17, 15) is 22.8 Å². The van der Waals surface area contributed by atoms with E-state index in [-0.39, 0.29) is 61.2 Å². The number of halogens is 3. The van der Waals surface area contributed by atoms with Crippen LogP contribution in [0.3, 0.4) is 0 Å². The number of aliphatic carboxylic acids is 1. The van der Waals surface area contributed by atoms with Gasteiger partial charge in [-0.05, 0) is 62.3 Å². The Bertz CT molecular complexity index is 1400. The van der Waals surface area contributed by atoms with Gasteiger partial charge in [-0.25, -0.2) is 4.79 Å². The maximum atomic E-state index is 12.1. The molecule has 0 atom stereocenters. The first-order valence-electron chi connectivity index (χ1n) is 13.4. The minimum absolute atomic E-state index is 0. The third kappa shape index (κ3) is 13.4. The van der Waals surface area contributed by atoms with Crippen LogP contribution in [0.4, 0.5) is 13.2 Å². The summed E-state index contributed by atoms with van der Waals surface area (Å²) in [5.74, 6) is -2.89. The molecule has 2 N–H and O–H groups in total. The van der Waals surface area contributed by atoms with Crippen LogP contribution in [0.15, 0.2) is 84.9 Å². The van der Waals surface area contributed by atoms with Crippen molar-refractivity contribution >= 4 is 39.3 Å². The Balaban J connectivity index is 0.000000357. The number of nitrogens with one attached hydrogen (secondary N) is 1. The van der Waals surface area contributed by atoms with Crippen molar-refractivity contribution in [3.63, 3.8) is 0 Å². The van der Waals surface area contributed by atoms with Gasteiger partial charge in [-0.3, -0.25) is 4.79 Å². The second-order valence-corrected chi connectivity index (χ2v) is 9.91. The number of nitrogens with zero attached hydrogens (tertiary/aromatic N) is 3. The summed E-state index contributed by atoms with van der Waals surface area (Å²) < 4.78 is 31.7. The molecule has 0 spiro atoms. The van der Waals surface area contributed by atoms with Gasteiger partial charge in [-0.1, -0.05) is 78.9 Å². The Morgan fingerprint density at radius 1 is 0.727 bits per heavy atom. The van der Waals surface area contributed by atoms with E-state index < -0.39 is 12.1 Å². The van der Waals surface area contributed by atoms with Gasteiger partial charge in [0.2, 0.25) is 0 Å². The largest absolute Gasteiger partial charge is 0.648 e. The molecule has 0 bridgehead atoms. The number of carboxylic acids is 1. The molecule has 0 fully saturated rings. The summed E-state index contributed by atoms with van der Waals surface area (Å²) in [4.78, 5) is 37.1. The predicted molar refractivity (Wildman–Crippen MR) is 164 cm³/mol. The Morgan fingerprint density at radius 3 is 1.64 bits per heavy atom. The normalized spacial score (nSPS) is 10.7. The van der Waals surface area contributed by atoms with Crippen LogP contribution < -0.4 is 5.32 Å². The first-order valence-corrected chi connectivity index (χ1v) is 13.4. The minimum atomic E-state index is -5.08. The van der Waals surface area contributed by atoms with Crippen LogP contribution in [0.5, 0.6) is 0 Å². The molecular weight excluding hydrogens is 713 g/mol. The van der Waals surface area contributed by atoms with Crippen molar-refractivity contribution in [1.29, 1.82) is 0 Å². The number of amides is 2. The van der Waals surface area contributed by atoms with Crippen molar-refractivity contribution in [2.24, 2.45) is 0 Å². The van der Waals surface area contributed by atoms with E-state index in [0.29, 0.717) is 18.7 Å². The molecule has 4 rings (SSSR count). The van der Waals surface area contributed by atoms with Crippen LogP contribution in [0.25, 0.3) is 26.9 Å². The van der Waals surface area contributed by atoms with E-state index in [4.69, 9.17) is 9.90 Å². The standard InChI is InChI=1S/2C15H18N2O.C2HF3O2.Eu/c2*1-17(2)11-10-16-15(18)14-9-5-7-12-6-3-4-8-13(12)14;3-2(4,5)1(6)7;/h2*3-9H,10-11H2,1-2H3,(H,16,18);(H,6,7);/p-1. The van der Waals surface area contributed by atoms with Crippen LogP contribution >= 0.6 is 0 Å². The zero-order valence-electron chi connectivity index (χ0n) is 24.9. The number of carbonyl (C=O) groups excluding carboxylic acids is 2. The number of carbonyl (C=O) groups is 3. The SMILES string of the molecule is CN(C)CCNC(=O)c1cccc2ccccc12.CN(C)CC[N-]C(=O)c1cccc2ccccc12.O=C(O)C(F)(F)F.[Eu]. The minimum Gasteiger partial charge on any atom is -0.648 e. The van der Waals surface area contributed by atoms with Gasteiger partial charge < -0.3 is 30.3 Å². The van der Waals surface area contributed by atoms with Gasteiger partial charge in [0.25, 0.3) is 5.91 Å². The molecule has 0 saturated carbocycles. The van der Waals surface area contributed by atoms with Crippen LogP contribution in [0.2, 0.25) is 0 Å². The summed E-state index contributed by atoms with van der Waals surface area (Å²) in [6.07, 6.45) is -5.08. The monoisotopic (exact) mass is 750 g/mol. The van der Waals surface area contributed by atoms with Crippen LogP contribution in [-0.2, 0) is 4.79 Å². The van der Waals surface area contributed by atoms with Gasteiger partial charge >= 0.3 is 12.1 Å². The van der Waals surface area contributed by atoms with Crippen LogP contribution in [0.1, 0.15) is 20.7 Å². The van der Waals surface area contributed by atoms with E-state index in [0.717, 1.165) is 40.2 Å². The van der Waals surface area contributed by atoms with Crippen molar-refractivity contribution in [1.82, 2.24) is 15.1 Å². The summed E-state index contributed by atoms with van der Waals surface area (Å²) in [7, 11) is 7.92. The average Bonchev–Trinajstić information content (AvgIpc) is 2.96. The predicted octanol–water partition coefficient (Wildman–Crippen LogP) is 5.68. The summed E-state index contributed by atoms with van der Waals surface area (Å²) >= 11 is 0. The fourth-order valence-corrected chi connectivity index (χ4v) is 3.76. The van der Waals surface area contributed by atoms with Crippen molar-refractivity contribution in [2.75, 3.05) is 54.4 Å². The van der Waals surface area contributed by atoms with Crippen molar-refractivity contribution < 1.29 is 82.0 Å². The van der Waals surface area contributed by atoms with Gasteiger partial charge in [0.15, 0.2) is 0 Å². The van der Waals surface area contributed by atoms with Crippen LogP contribution in [0, 0.1) is 49.4 Å². The summed E-state index contributed by atoms with van der Waals surface area (Å²) in [6.45, 7) is 2.83. The number of alkyl halides is 3. The maximum Gasteiger partial charge on any atom is 0.490 e. The molecule has 0 aliphatic heterocycles. The van der Waals surface area contributed by atoms with E-state index in [1.807, 2.05) is 123 Å². The molecule has 1 radical (unpaired) electrons. The molecule has 237 valence electrons. The van der Waals surface area contributed by atoms with Gasteiger partial charge in [-0.15, -0.1) is 6.54 Å². The molecule has 4 aromatic carbocycles. The zero-order valence-corrected chi connectivity index (χ0v) is 27.4. The molecule has 44 heavy (non-hydrogen) atoms. The van der Waals surface area contributed by atoms with Crippen LogP contribution in [-0.4, -0.2) is 93.2 Å². The smallest absolute Gasteiger partial charge is 0.490 e. The molecule has 0 aromatic heterocycles. The number of fused-ring (bicyclic) bond motifs is 2. The Labute approximate surface area is 296 Å². The van der Waals surface area contributed by atoms with E-state index in [1.165, 1.54) is 0 Å². The van der Waals surface area contributed by atoms with Crippen molar-refractivity contribution in [2.45, 2.75) is 6.18 Å². The summed E-state index contributed by atoms with van der Waals surface area (Å²) in [5.41, 5.74) is 1.43. The van der Waals surface area contributed by atoms with Crippen molar-refractivity contribution in [3.05, 3.63) is 101 Å². The van der Waals surface area contributed by atoms with Crippen molar-refractivity contribution in [3.8, 4) is 0 Å². The molecule has 0 unspecified atom stereocenters. The molecular formula is C32H36EuF3N4O4-. The Hall–Kier alpha value is -2.90. The second kappa shape index (κ2) is 19.5. The van der Waals surface area contributed by atoms with E-state index in [1.54, 1.807) is 0 Å². The summed E-state index contributed by atoms with van der Waals surface area (Å²) in [6, 6.07) is 27.4. The fourth-order valence-electron chi connectivity index (χ4n) is 3.76. The van der Waals surface area contributed by atoms with E-state index >= 15 is 0 Å². The zero-order chi connectivity index (χ0) is 32.0. The molecule has 2 amide bonds. The molecule has 12 heteroatoms. The molecule has 0 saturated heterocycles. The number of rotatable bonds is 8. The first kappa shape index (κ1) is 39.1. The molecule has 4 aromatic rings. The number of carboxylic acid groups (broad SMARTS) is 1. The number of benzene rings is 4. The third-order valence-corrected chi connectivity index (χ3v) is 5.94. The maximum absolute atomic E-state index is 12.1.